The summed E-state index contributed by atoms with van der Waals surface area (Å²) in [7, 11) is 1.52. The summed E-state index contributed by atoms with van der Waals surface area (Å²) in [5, 5.41) is 13.7. The molecule has 0 bridgehead atoms. The Kier molecular flexibility index (Phi) is 14.9. The summed E-state index contributed by atoms with van der Waals surface area (Å²) in [4.78, 5) is 71.4. The number of aliphatic hydroxyl groups excluding tert-OH is 1. The largest absolute Gasteiger partial charge is 0.495 e. The number of aliphatic hydroxyl groups is 1. The zero-order valence-electron chi connectivity index (χ0n) is 40.7. The number of ether oxygens (including phenoxy) is 2. The number of amides is 5. The van der Waals surface area contributed by atoms with E-state index >= 15 is 4.39 Å². The average Bonchev–Trinajstić information content (AvgIpc) is 3.97. The third-order valence-corrected chi connectivity index (χ3v) is 14.8. The number of piperidine rings is 2. The van der Waals surface area contributed by atoms with Crippen LogP contribution in [0, 0.1) is 30.5 Å². The van der Waals surface area contributed by atoms with Crippen molar-refractivity contribution in [3.8, 4) is 28.3 Å². The summed E-state index contributed by atoms with van der Waals surface area (Å²) in [6.07, 6.45) is 7.15. The van der Waals surface area contributed by atoms with Gasteiger partial charge >= 0.3 is 6.03 Å². The maximum absolute atomic E-state index is 15.3. The second-order valence-corrected chi connectivity index (χ2v) is 20.1. The first-order valence-corrected chi connectivity index (χ1v) is 24.9. The monoisotopic (exact) mass is 956 g/mol. The molecular formula is C54H65FN8O7. The van der Waals surface area contributed by atoms with Crippen LogP contribution in [0.25, 0.3) is 33.5 Å². The second kappa shape index (κ2) is 21.4. The van der Waals surface area contributed by atoms with Gasteiger partial charge in [-0.05, 0) is 122 Å². The fourth-order valence-electron chi connectivity index (χ4n) is 10.7. The number of hydrogen-bond donors (Lipinski definition) is 3. The number of rotatable bonds is 15. The van der Waals surface area contributed by atoms with Gasteiger partial charge in [0.2, 0.25) is 11.8 Å². The predicted octanol–water partition coefficient (Wildman–Crippen LogP) is 7.53. The number of anilines is 1. The summed E-state index contributed by atoms with van der Waals surface area (Å²) in [6.45, 7) is 12.1. The predicted molar refractivity (Wildman–Crippen MR) is 265 cm³/mol. The van der Waals surface area contributed by atoms with Gasteiger partial charge in [-0.2, -0.15) is 0 Å². The molecule has 2 aromatic heterocycles. The molecule has 0 aliphatic carbocycles. The van der Waals surface area contributed by atoms with Gasteiger partial charge in [-0.25, -0.2) is 19.2 Å². The first-order valence-electron chi connectivity index (χ1n) is 24.9. The smallest absolute Gasteiger partial charge is 0.328 e. The summed E-state index contributed by atoms with van der Waals surface area (Å²) < 4.78 is 27.2. The minimum absolute atomic E-state index is 0.0420. The number of β-amino-alcohol motifs (C(OH)–C–C–N with tert-alkyl or cyclic N) is 1. The molecule has 15 nitrogen and oxygen atoms in total. The number of imide groups is 1. The molecule has 2 atom stereocenters. The molecule has 70 heavy (non-hydrogen) atoms. The number of carbonyl (C=O) groups is 4. The van der Waals surface area contributed by atoms with E-state index in [1.165, 1.54) is 30.5 Å². The van der Waals surface area contributed by atoms with Gasteiger partial charge in [-0.3, -0.25) is 24.6 Å². The lowest BCUT2D eigenvalue weighted by molar-refractivity contribution is -0.129. The van der Waals surface area contributed by atoms with Gasteiger partial charge in [0.05, 0.1) is 43.7 Å². The number of carbonyl (C=O) groups excluding carboxylic acids is 4. The van der Waals surface area contributed by atoms with Gasteiger partial charge in [0.25, 0.3) is 5.91 Å². The van der Waals surface area contributed by atoms with E-state index in [4.69, 9.17) is 9.47 Å². The summed E-state index contributed by atoms with van der Waals surface area (Å²) in [5.74, 6) is 0.550. The maximum atomic E-state index is 15.3. The first kappa shape index (κ1) is 48.8. The summed E-state index contributed by atoms with van der Waals surface area (Å²) in [5.41, 5.74) is 7.11. The van der Waals surface area contributed by atoms with E-state index in [0.29, 0.717) is 84.1 Å². The van der Waals surface area contributed by atoms with Crippen LogP contribution in [0.2, 0.25) is 0 Å². The quantitative estimate of drug-likeness (QED) is 0.0953. The van der Waals surface area contributed by atoms with E-state index in [-0.39, 0.29) is 49.1 Å². The molecule has 370 valence electrons. The fourth-order valence-corrected chi connectivity index (χ4v) is 10.7. The molecule has 6 heterocycles. The van der Waals surface area contributed by atoms with Gasteiger partial charge in [-0.1, -0.05) is 38.1 Å². The van der Waals surface area contributed by atoms with Crippen LogP contribution >= 0.6 is 0 Å². The molecule has 0 saturated carbocycles. The number of hydrogen-bond acceptors (Lipinski definition) is 10. The highest BCUT2D eigenvalue weighted by Gasteiger charge is 2.35. The van der Waals surface area contributed by atoms with Gasteiger partial charge in [-0.15, -0.1) is 0 Å². The Hall–Kier alpha value is -6.23. The molecule has 2 unspecified atom stereocenters. The molecule has 16 heteroatoms. The van der Waals surface area contributed by atoms with E-state index in [9.17, 15) is 24.3 Å². The zero-order chi connectivity index (χ0) is 49.1. The molecule has 3 aromatic carbocycles. The topological polar surface area (TPSA) is 174 Å². The lowest BCUT2D eigenvalue weighted by Crippen LogP contribution is -2.49. The van der Waals surface area contributed by atoms with Crippen molar-refractivity contribution in [1.29, 1.82) is 0 Å². The summed E-state index contributed by atoms with van der Waals surface area (Å²) in [6, 6.07) is 17.8. The normalized spacial score (nSPS) is 19.7. The van der Waals surface area contributed by atoms with E-state index in [0.717, 1.165) is 85.9 Å². The number of methoxy groups -OCH3 is 1. The highest BCUT2D eigenvalue weighted by molar-refractivity contribution is 6.07. The first-order chi connectivity index (χ1) is 33.8. The highest BCUT2D eigenvalue weighted by Crippen LogP contribution is 2.35. The van der Waals surface area contributed by atoms with Crippen LogP contribution in [0.1, 0.15) is 85.8 Å². The third-order valence-electron chi connectivity index (χ3n) is 14.8. The average molecular weight is 957 g/mol. The third kappa shape index (κ3) is 11.0. The molecule has 5 aromatic rings. The van der Waals surface area contributed by atoms with Crippen molar-refractivity contribution >= 4 is 40.5 Å². The van der Waals surface area contributed by atoms with Gasteiger partial charge in [0.15, 0.2) is 0 Å². The van der Waals surface area contributed by atoms with Crippen LogP contribution in [-0.2, 0) is 27.4 Å². The number of nitrogens with zero attached hydrogens (tertiary/aromatic N) is 6. The molecule has 3 N–H and O–H groups in total. The van der Waals surface area contributed by atoms with Gasteiger partial charge in [0.1, 0.15) is 23.5 Å². The van der Waals surface area contributed by atoms with Crippen molar-refractivity contribution in [2.24, 2.45) is 17.8 Å². The Morgan fingerprint density at radius 1 is 0.914 bits per heavy atom. The number of H-pyrrole nitrogens is 1. The Labute approximate surface area is 408 Å². The van der Waals surface area contributed by atoms with Crippen LogP contribution in [-0.4, -0.2) is 130 Å². The zero-order valence-corrected chi connectivity index (χ0v) is 40.7. The summed E-state index contributed by atoms with van der Waals surface area (Å²) >= 11 is 0. The fraction of sp³-hybridized carbons (Fsp3) is 0.481. The Balaban J connectivity index is 0.729. The minimum Gasteiger partial charge on any atom is -0.495 e. The number of nitrogens with one attached hydrogen (secondary N) is 2. The molecule has 9 rings (SSSR count). The van der Waals surface area contributed by atoms with E-state index in [1.54, 1.807) is 23.1 Å². The second-order valence-electron chi connectivity index (χ2n) is 20.1. The number of fused-ring (bicyclic) bond motifs is 1. The van der Waals surface area contributed by atoms with E-state index in [1.807, 2.05) is 17.9 Å². The number of likely N-dealkylation sites (tertiary alicyclic amines) is 3. The van der Waals surface area contributed by atoms with Crippen LogP contribution < -0.4 is 15.0 Å². The van der Waals surface area contributed by atoms with Crippen molar-refractivity contribution in [2.75, 3.05) is 64.4 Å². The molecule has 0 radical (unpaired) electrons. The maximum Gasteiger partial charge on any atom is 0.328 e. The van der Waals surface area contributed by atoms with Gasteiger partial charge < -0.3 is 34.3 Å². The Morgan fingerprint density at radius 3 is 2.41 bits per heavy atom. The van der Waals surface area contributed by atoms with Crippen LogP contribution in [0.4, 0.5) is 14.9 Å². The standard InChI is InChI=1S/C54H65FN8O7/c1-33(2)23-40-29-62(30-47(40)64)50(66)26-39-24-41(55)27-43(34(39)3)51-44-28-45(58-52(44)57-32-56-51)37-7-5-36(6-8-37)31-70-42-14-18-60(19-15-42)17-11-35-12-20-61(21-13-35)53(67)38-9-10-48(69-4)46(25-38)63-22-16-49(65)59-54(63)68/h5-10,24-25,27-28,32-33,35,40,42,47,64H,11-23,26,29-31H2,1-4H3,(H,56,57,58)(H,59,65,68). The van der Waals surface area contributed by atoms with Crippen molar-refractivity contribution in [3.05, 3.63) is 95.1 Å². The Morgan fingerprint density at radius 2 is 1.69 bits per heavy atom. The lowest BCUT2D eigenvalue weighted by atomic mass is 9.92. The van der Waals surface area contributed by atoms with Crippen LogP contribution in [0.3, 0.4) is 0 Å². The van der Waals surface area contributed by atoms with Crippen molar-refractivity contribution in [1.82, 2.24) is 35.0 Å². The molecule has 4 aliphatic rings. The SMILES string of the molecule is COc1ccc(C(=O)N2CCC(CCN3CCC(OCc4ccc(-c5cc6c(-c7cc(F)cc(CC(=O)N8CC(O)C(CC(C)C)C8)c7C)ncnc6[nH]5)cc4)CC3)CC2)cc1N1CCC(=O)NC1=O. The number of urea groups is 1. The molecule has 5 amide bonds. The number of aromatic nitrogens is 3. The van der Waals surface area contributed by atoms with Crippen LogP contribution in [0.15, 0.2) is 67.0 Å². The molecular weight excluding hydrogens is 892 g/mol. The van der Waals surface area contributed by atoms with Crippen LogP contribution in [0.5, 0.6) is 5.75 Å². The number of benzene rings is 3. The Bertz CT molecular complexity index is 2710. The highest BCUT2D eigenvalue weighted by atomic mass is 19.1. The molecule has 0 spiro atoms. The number of aromatic amines is 1. The number of halogens is 1. The van der Waals surface area contributed by atoms with Crippen molar-refractivity contribution in [3.63, 3.8) is 0 Å². The van der Waals surface area contributed by atoms with Gasteiger partial charge in [0, 0.05) is 80.4 Å². The van der Waals surface area contributed by atoms with Crippen molar-refractivity contribution < 1.29 is 38.1 Å². The molecule has 4 saturated heterocycles. The lowest BCUT2D eigenvalue weighted by Gasteiger charge is -2.35. The molecule has 4 aliphatic heterocycles. The minimum atomic E-state index is -0.546. The van der Waals surface area contributed by atoms with Crippen molar-refractivity contribution in [2.45, 2.75) is 91.0 Å². The van der Waals surface area contributed by atoms with E-state index in [2.05, 4.69) is 63.3 Å². The van der Waals surface area contributed by atoms with E-state index < -0.39 is 18.0 Å². The molecule has 4 fully saturated rings.